The lowest BCUT2D eigenvalue weighted by molar-refractivity contribution is 0.610. The van der Waals surface area contributed by atoms with E-state index in [9.17, 15) is 4.39 Å². The Bertz CT molecular complexity index is 479. The molecule has 0 spiro atoms. The van der Waals surface area contributed by atoms with Gasteiger partial charge in [-0.2, -0.15) is 5.10 Å². The predicted molar refractivity (Wildman–Crippen MR) is 65.2 cm³/mol. The highest BCUT2D eigenvalue weighted by atomic mass is 127. The van der Waals surface area contributed by atoms with Crippen molar-refractivity contribution in [2.24, 2.45) is 0 Å². The van der Waals surface area contributed by atoms with Gasteiger partial charge in [-0.25, -0.2) is 4.39 Å². The Balaban J connectivity index is 2.21. The summed E-state index contributed by atoms with van der Waals surface area (Å²) in [4.78, 5) is 0. The van der Waals surface area contributed by atoms with Crippen LogP contribution in [0.15, 0.2) is 30.6 Å². The molecule has 1 aromatic carbocycles. The van der Waals surface area contributed by atoms with Gasteiger partial charge in [-0.3, -0.25) is 4.68 Å². The van der Waals surface area contributed by atoms with Crippen LogP contribution in [0, 0.1) is 16.3 Å². The second kappa shape index (κ2) is 4.30. The van der Waals surface area contributed by atoms with Gasteiger partial charge in [-0.05, 0) is 46.7 Å². The Morgan fingerprint density at radius 2 is 2.27 bits per heavy atom. The predicted octanol–water partition coefficient (Wildman–Crippen LogP) is 2.98. The first-order valence-corrected chi connectivity index (χ1v) is 5.66. The minimum absolute atomic E-state index is 0.158. The molecular formula is C11H10FIN2. The van der Waals surface area contributed by atoms with E-state index in [1.54, 1.807) is 29.9 Å². The Morgan fingerprint density at radius 3 is 2.87 bits per heavy atom. The van der Waals surface area contributed by atoms with E-state index in [1.165, 1.54) is 0 Å². The fraction of sp³-hybridized carbons (Fsp3) is 0.182. The fourth-order valence-electron chi connectivity index (χ4n) is 1.35. The van der Waals surface area contributed by atoms with Crippen molar-refractivity contribution in [1.82, 2.24) is 9.78 Å². The van der Waals surface area contributed by atoms with Crippen molar-refractivity contribution in [2.75, 3.05) is 0 Å². The molecule has 0 aliphatic rings. The van der Waals surface area contributed by atoms with E-state index in [0.29, 0.717) is 12.1 Å². The molecule has 2 rings (SSSR count). The lowest BCUT2D eigenvalue weighted by atomic mass is 10.1. The maximum Gasteiger partial charge on any atom is 0.126 e. The zero-order valence-corrected chi connectivity index (χ0v) is 10.4. The molecule has 15 heavy (non-hydrogen) atoms. The zero-order valence-electron chi connectivity index (χ0n) is 8.24. The Hall–Kier alpha value is -0.910. The molecule has 0 saturated carbocycles. The Labute approximate surface area is 101 Å². The molecule has 0 bridgehead atoms. The number of hydrogen-bond acceptors (Lipinski definition) is 1. The van der Waals surface area contributed by atoms with E-state index in [4.69, 9.17) is 0 Å². The van der Waals surface area contributed by atoms with Crippen LogP contribution >= 0.6 is 22.6 Å². The Morgan fingerprint density at radius 1 is 1.47 bits per heavy atom. The fourth-order valence-corrected chi connectivity index (χ4v) is 1.79. The Kier molecular flexibility index (Phi) is 3.04. The van der Waals surface area contributed by atoms with Crippen molar-refractivity contribution in [3.63, 3.8) is 0 Å². The SMILES string of the molecule is Cc1ccc(Cn2cc(I)cn2)cc1F. The normalized spacial score (nSPS) is 10.6. The van der Waals surface area contributed by atoms with E-state index in [0.717, 1.165) is 9.13 Å². The van der Waals surface area contributed by atoms with Gasteiger partial charge in [0, 0.05) is 6.20 Å². The van der Waals surface area contributed by atoms with Crippen LogP contribution in [0.3, 0.4) is 0 Å². The number of nitrogens with zero attached hydrogens (tertiary/aromatic N) is 2. The molecule has 0 N–H and O–H groups in total. The van der Waals surface area contributed by atoms with E-state index in [2.05, 4.69) is 27.7 Å². The summed E-state index contributed by atoms with van der Waals surface area (Å²) in [6, 6.07) is 5.27. The van der Waals surface area contributed by atoms with Gasteiger partial charge < -0.3 is 0 Å². The average molecular weight is 316 g/mol. The quantitative estimate of drug-likeness (QED) is 0.779. The van der Waals surface area contributed by atoms with E-state index < -0.39 is 0 Å². The summed E-state index contributed by atoms with van der Waals surface area (Å²) in [7, 11) is 0. The second-order valence-electron chi connectivity index (χ2n) is 3.44. The third kappa shape index (κ3) is 2.56. The molecule has 78 valence electrons. The highest BCUT2D eigenvalue weighted by Gasteiger charge is 2.01. The third-order valence-electron chi connectivity index (χ3n) is 2.18. The zero-order chi connectivity index (χ0) is 10.8. The molecule has 1 aromatic heterocycles. The van der Waals surface area contributed by atoms with Crippen LogP contribution in [0.4, 0.5) is 4.39 Å². The average Bonchev–Trinajstić information content (AvgIpc) is 2.58. The number of rotatable bonds is 2. The molecule has 0 radical (unpaired) electrons. The summed E-state index contributed by atoms with van der Waals surface area (Å²) in [6.07, 6.45) is 3.71. The topological polar surface area (TPSA) is 17.8 Å². The molecule has 2 nitrogen and oxygen atoms in total. The smallest absolute Gasteiger partial charge is 0.126 e. The molecule has 0 aliphatic carbocycles. The molecule has 4 heteroatoms. The number of halogens is 2. The standard InChI is InChI=1S/C11H10FIN2/c1-8-2-3-9(4-11(8)12)6-15-7-10(13)5-14-15/h2-5,7H,6H2,1H3. The van der Waals surface area contributed by atoms with Gasteiger partial charge in [-0.15, -0.1) is 0 Å². The monoisotopic (exact) mass is 316 g/mol. The number of benzene rings is 1. The van der Waals surface area contributed by atoms with Gasteiger partial charge in [-0.1, -0.05) is 12.1 Å². The summed E-state index contributed by atoms with van der Waals surface area (Å²) in [6.45, 7) is 2.37. The molecule has 0 saturated heterocycles. The molecule has 0 aliphatic heterocycles. The van der Waals surface area contributed by atoms with Gasteiger partial charge in [0.05, 0.1) is 16.3 Å². The summed E-state index contributed by atoms with van der Waals surface area (Å²) in [5, 5.41) is 4.15. The molecular weight excluding hydrogens is 306 g/mol. The van der Waals surface area contributed by atoms with E-state index >= 15 is 0 Å². The maximum atomic E-state index is 13.3. The van der Waals surface area contributed by atoms with Crippen molar-refractivity contribution >= 4 is 22.6 Å². The third-order valence-corrected chi connectivity index (χ3v) is 2.74. The molecule has 1 heterocycles. The van der Waals surface area contributed by atoms with Crippen molar-refractivity contribution in [3.05, 3.63) is 51.1 Å². The molecule has 2 aromatic rings. The molecule has 0 atom stereocenters. The van der Waals surface area contributed by atoms with Crippen molar-refractivity contribution in [2.45, 2.75) is 13.5 Å². The van der Waals surface area contributed by atoms with Crippen LogP contribution < -0.4 is 0 Å². The lowest BCUT2D eigenvalue weighted by Crippen LogP contribution is -2.00. The van der Waals surface area contributed by atoms with Crippen LogP contribution in [-0.2, 0) is 6.54 Å². The van der Waals surface area contributed by atoms with Gasteiger partial charge in [0.25, 0.3) is 0 Å². The summed E-state index contributed by atoms with van der Waals surface area (Å²) < 4.78 is 16.1. The first kappa shape index (κ1) is 10.6. The number of aromatic nitrogens is 2. The molecule has 0 unspecified atom stereocenters. The summed E-state index contributed by atoms with van der Waals surface area (Å²) in [5.41, 5.74) is 1.60. The van der Waals surface area contributed by atoms with Crippen LogP contribution in [0.2, 0.25) is 0 Å². The van der Waals surface area contributed by atoms with Crippen LogP contribution in [-0.4, -0.2) is 9.78 Å². The van der Waals surface area contributed by atoms with E-state index in [1.807, 2.05) is 12.3 Å². The van der Waals surface area contributed by atoms with Crippen molar-refractivity contribution < 1.29 is 4.39 Å². The van der Waals surface area contributed by atoms with E-state index in [-0.39, 0.29) is 5.82 Å². The van der Waals surface area contributed by atoms with Crippen LogP contribution in [0.5, 0.6) is 0 Å². The van der Waals surface area contributed by atoms with Crippen molar-refractivity contribution in [3.8, 4) is 0 Å². The minimum Gasteiger partial charge on any atom is -0.267 e. The van der Waals surface area contributed by atoms with Crippen LogP contribution in [0.1, 0.15) is 11.1 Å². The summed E-state index contributed by atoms with van der Waals surface area (Å²) in [5.74, 6) is -0.158. The highest BCUT2D eigenvalue weighted by molar-refractivity contribution is 14.1. The first-order valence-electron chi connectivity index (χ1n) is 4.58. The second-order valence-corrected chi connectivity index (χ2v) is 4.69. The van der Waals surface area contributed by atoms with Gasteiger partial charge in [0.1, 0.15) is 5.82 Å². The van der Waals surface area contributed by atoms with Crippen molar-refractivity contribution in [1.29, 1.82) is 0 Å². The minimum atomic E-state index is -0.158. The van der Waals surface area contributed by atoms with Gasteiger partial charge in [0.2, 0.25) is 0 Å². The summed E-state index contributed by atoms with van der Waals surface area (Å²) >= 11 is 2.20. The number of hydrogen-bond donors (Lipinski definition) is 0. The first-order chi connectivity index (χ1) is 7.15. The largest absolute Gasteiger partial charge is 0.267 e. The van der Waals surface area contributed by atoms with Gasteiger partial charge >= 0.3 is 0 Å². The highest BCUT2D eigenvalue weighted by Crippen LogP contribution is 2.11. The molecule has 0 fully saturated rings. The number of aryl methyl sites for hydroxylation is 1. The molecule has 0 amide bonds. The van der Waals surface area contributed by atoms with Crippen LogP contribution in [0.25, 0.3) is 0 Å². The maximum absolute atomic E-state index is 13.3. The van der Waals surface area contributed by atoms with Gasteiger partial charge in [0.15, 0.2) is 0 Å². The lowest BCUT2D eigenvalue weighted by Gasteiger charge is -2.03.